The highest BCUT2D eigenvalue weighted by atomic mass is 16.5. The Hall–Kier alpha value is -1.58. The fraction of sp³-hybridized carbons (Fsp3) is 0.545. The molecule has 0 aliphatic carbocycles. The minimum absolute atomic E-state index is 0.00458. The topological polar surface area (TPSA) is 83.8 Å². The van der Waals surface area contributed by atoms with Gasteiger partial charge >= 0.3 is 5.97 Å². The molecule has 2 N–H and O–H groups in total. The number of rotatable bonds is 3. The summed E-state index contributed by atoms with van der Waals surface area (Å²) in [5, 5.41) is 16.5. The lowest BCUT2D eigenvalue weighted by molar-refractivity contribution is -0.132. The van der Waals surface area contributed by atoms with Crippen LogP contribution in [-0.2, 0) is 14.3 Å². The van der Waals surface area contributed by atoms with E-state index in [1.54, 1.807) is 5.94 Å². The van der Waals surface area contributed by atoms with Crippen molar-refractivity contribution < 1.29 is 24.5 Å². The normalized spacial score (nSPS) is 14.6. The van der Waals surface area contributed by atoms with Crippen molar-refractivity contribution in [3.05, 3.63) is 17.4 Å². The summed E-state index contributed by atoms with van der Waals surface area (Å²) in [6, 6.07) is 0. The van der Waals surface area contributed by atoms with E-state index in [0.717, 1.165) is 12.8 Å². The number of ether oxygens (including phenoxy) is 1. The van der Waals surface area contributed by atoms with E-state index < -0.39 is 5.97 Å². The Labute approximate surface area is 94.0 Å². The van der Waals surface area contributed by atoms with Gasteiger partial charge in [0.15, 0.2) is 11.7 Å². The molecular weight excluding hydrogens is 212 g/mol. The maximum atomic E-state index is 10.1. The van der Waals surface area contributed by atoms with Crippen LogP contribution in [0.15, 0.2) is 17.4 Å². The molecule has 0 saturated carbocycles. The van der Waals surface area contributed by atoms with Gasteiger partial charge in [-0.3, -0.25) is 0 Å². The van der Waals surface area contributed by atoms with Crippen LogP contribution >= 0.6 is 0 Å². The summed E-state index contributed by atoms with van der Waals surface area (Å²) < 4.78 is 4.80. The molecule has 0 spiro atoms. The summed E-state index contributed by atoms with van der Waals surface area (Å²) >= 11 is 0. The molecule has 16 heavy (non-hydrogen) atoms. The number of aliphatic hydroxyl groups excluding tert-OH is 1. The number of carboxylic acids is 1. The molecule has 1 saturated heterocycles. The van der Waals surface area contributed by atoms with Crippen LogP contribution in [0.4, 0.5) is 0 Å². The molecule has 1 aliphatic heterocycles. The monoisotopic (exact) mass is 228 g/mol. The van der Waals surface area contributed by atoms with Crippen molar-refractivity contribution in [2.75, 3.05) is 13.2 Å². The zero-order valence-corrected chi connectivity index (χ0v) is 9.23. The van der Waals surface area contributed by atoms with Crippen molar-refractivity contribution in [3.63, 3.8) is 0 Å². The largest absolute Gasteiger partial charge is 0.487 e. The summed E-state index contributed by atoms with van der Waals surface area (Å²) in [4.78, 5) is 19.8. The van der Waals surface area contributed by atoms with Crippen LogP contribution in [-0.4, -0.2) is 35.3 Å². The smallest absolute Gasteiger partial charge is 0.330 e. The molecule has 0 radical (unpaired) electrons. The minimum Gasteiger partial charge on any atom is -0.487 e. The molecule has 1 aliphatic rings. The van der Waals surface area contributed by atoms with Crippen molar-refractivity contribution in [1.29, 1.82) is 0 Å². The highest BCUT2D eigenvalue weighted by molar-refractivity contribution is 5.85. The summed E-state index contributed by atoms with van der Waals surface area (Å²) in [6.07, 6.45) is 3.66. The first-order valence-corrected chi connectivity index (χ1v) is 4.99. The minimum atomic E-state index is -0.927. The van der Waals surface area contributed by atoms with E-state index in [2.05, 4.69) is 0 Å². The lowest BCUT2D eigenvalue weighted by Crippen LogP contribution is -1.95. The van der Waals surface area contributed by atoms with Crippen molar-refractivity contribution >= 4 is 11.9 Å². The molecule has 0 amide bonds. The number of hydrogen-bond acceptors (Lipinski definition) is 4. The molecule has 1 heterocycles. The second kappa shape index (κ2) is 8.71. The third kappa shape index (κ3) is 6.81. The van der Waals surface area contributed by atoms with E-state index in [0.29, 0.717) is 18.8 Å². The molecule has 5 heteroatoms. The lowest BCUT2D eigenvalue weighted by atomic mass is 10.2. The first-order valence-electron chi connectivity index (χ1n) is 4.99. The summed E-state index contributed by atoms with van der Waals surface area (Å²) in [5.74, 6) is 1.27. The fourth-order valence-electron chi connectivity index (χ4n) is 0.949. The third-order valence-corrected chi connectivity index (χ3v) is 1.86. The summed E-state index contributed by atoms with van der Waals surface area (Å²) in [5.41, 5.74) is 0.282. The SMILES string of the molecule is CC(=CCCO)C(=O)O.O=C=C1CCCO1. The number of carboxylic acid groups (broad SMARTS) is 1. The number of hydrogen-bond donors (Lipinski definition) is 2. The fourth-order valence-corrected chi connectivity index (χ4v) is 0.949. The van der Waals surface area contributed by atoms with E-state index in [-0.39, 0.29) is 12.2 Å². The van der Waals surface area contributed by atoms with Crippen molar-refractivity contribution in [2.45, 2.75) is 26.2 Å². The number of allylic oxidation sites excluding steroid dienone is 1. The predicted molar refractivity (Wildman–Crippen MR) is 57.5 cm³/mol. The van der Waals surface area contributed by atoms with E-state index in [1.807, 2.05) is 0 Å². The molecule has 1 rings (SSSR count). The maximum Gasteiger partial charge on any atom is 0.330 e. The van der Waals surface area contributed by atoms with Crippen LogP contribution in [0.3, 0.4) is 0 Å². The van der Waals surface area contributed by atoms with Crippen LogP contribution in [0.1, 0.15) is 26.2 Å². The van der Waals surface area contributed by atoms with Gasteiger partial charge in [-0.25, -0.2) is 9.59 Å². The Morgan fingerprint density at radius 3 is 2.62 bits per heavy atom. The van der Waals surface area contributed by atoms with Gasteiger partial charge in [0.2, 0.25) is 0 Å². The Morgan fingerprint density at radius 1 is 1.62 bits per heavy atom. The molecule has 0 aromatic carbocycles. The van der Waals surface area contributed by atoms with Gasteiger partial charge in [0.1, 0.15) is 0 Å². The average molecular weight is 228 g/mol. The molecule has 0 aromatic heterocycles. The summed E-state index contributed by atoms with van der Waals surface area (Å²) in [6.45, 7) is 2.20. The highest BCUT2D eigenvalue weighted by Crippen LogP contribution is 2.11. The third-order valence-electron chi connectivity index (χ3n) is 1.86. The average Bonchev–Trinajstić information content (AvgIpc) is 2.79. The molecular formula is C11H16O5. The first kappa shape index (κ1) is 14.4. The summed E-state index contributed by atoms with van der Waals surface area (Å²) in [7, 11) is 0. The first-order chi connectivity index (χ1) is 7.61. The van der Waals surface area contributed by atoms with Gasteiger partial charge in [0, 0.05) is 18.6 Å². The van der Waals surface area contributed by atoms with Crippen LogP contribution < -0.4 is 0 Å². The van der Waals surface area contributed by atoms with Crippen LogP contribution in [0.25, 0.3) is 0 Å². The molecule has 90 valence electrons. The molecule has 0 bridgehead atoms. The molecule has 0 atom stereocenters. The number of carbonyl (C=O) groups excluding carboxylic acids is 1. The van der Waals surface area contributed by atoms with E-state index in [4.69, 9.17) is 14.9 Å². The Kier molecular flexibility index (Phi) is 7.85. The van der Waals surface area contributed by atoms with Gasteiger partial charge in [-0.15, -0.1) is 0 Å². The molecule has 0 unspecified atom stereocenters. The molecule has 5 nitrogen and oxygen atoms in total. The maximum absolute atomic E-state index is 10.1. The van der Waals surface area contributed by atoms with Gasteiger partial charge < -0.3 is 14.9 Å². The predicted octanol–water partition coefficient (Wildman–Crippen LogP) is 0.912. The van der Waals surface area contributed by atoms with Gasteiger partial charge in [-0.05, 0) is 19.8 Å². The quantitative estimate of drug-likeness (QED) is 0.554. The van der Waals surface area contributed by atoms with Crippen molar-refractivity contribution in [2.24, 2.45) is 0 Å². The van der Waals surface area contributed by atoms with E-state index >= 15 is 0 Å². The Balaban J connectivity index is 0.000000288. The highest BCUT2D eigenvalue weighted by Gasteiger charge is 2.06. The van der Waals surface area contributed by atoms with E-state index in [1.165, 1.54) is 13.0 Å². The van der Waals surface area contributed by atoms with E-state index in [9.17, 15) is 9.59 Å². The van der Waals surface area contributed by atoms with Gasteiger partial charge in [0.25, 0.3) is 0 Å². The second-order valence-electron chi connectivity index (χ2n) is 3.18. The van der Waals surface area contributed by atoms with Crippen molar-refractivity contribution in [1.82, 2.24) is 0 Å². The van der Waals surface area contributed by atoms with Crippen molar-refractivity contribution in [3.8, 4) is 0 Å². The zero-order valence-electron chi connectivity index (χ0n) is 9.23. The van der Waals surface area contributed by atoms with Crippen LogP contribution in [0.5, 0.6) is 0 Å². The Morgan fingerprint density at radius 2 is 2.31 bits per heavy atom. The van der Waals surface area contributed by atoms with Crippen LogP contribution in [0.2, 0.25) is 0 Å². The number of carbonyl (C=O) groups is 1. The van der Waals surface area contributed by atoms with Gasteiger partial charge in [-0.2, -0.15) is 0 Å². The number of aliphatic hydroxyl groups is 1. The molecule has 0 aromatic rings. The molecule has 1 fully saturated rings. The van der Waals surface area contributed by atoms with Gasteiger partial charge in [-0.1, -0.05) is 6.08 Å². The second-order valence-corrected chi connectivity index (χ2v) is 3.18. The lowest BCUT2D eigenvalue weighted by Gasteiger charge is -1.89. The van der Waals surface area contributed by atoms with Gasteiger partial charge in [0.05, 0.1) is 6.61 Å². The zero-order chi connectivity index (χ0) is 12.4. The standard InChI is InChI=1S/C6H10O3.C5H6O2/c1-5(6(8)9)3-2-4-7;6-4-5-2-1-3-7-5/h3,7H,2,4H2,1H3,(H,8,9);1-3H2. The Bertz CT molecular complexity index is 291. The van der Waals surface area contributed by atoms with Crippen LogP contribution in [0, 0.1) is 0 Å². The number of aliphatic carboxylic acids is 1.